The van der Waals surface area contributed by atoms with Crippen molar-refractivity contribution in [3.63, 3.8) is 0 Å². The molecule has 168 valence electrons. The van der Waals surface area contributed by atoms with Crippen LogP contribution in [0.1, 0.15) is 77.4 Å². The van der Waals surface area contributed by atoms with Crippen LogP contribution in [0.15, 0.2) is 0 Å². The molecule has 0 saturated carbocycles. The summed E-state index contributed by atoms with van der Waals surface area (Å²) in [6.45, 7) is 30.9. The molecule has 3 aromatic rings. The van der Waals surface area contributed by atoms with Gasteiger partial charge in [-0.15, -0.1) is 8.19 Å². The minimum atomic E-state index is 0. The van der Waals surface area contributed by atoms with Crippen molar-refractivity contribution in [2.24, 2.45) is 0 Å². The second-order valence-corrected chi connectivity index (χ2v) is 10.6. The van der Waals surface area contributed by atoms with Crippen molar-refractivity contribution in [3.8, 4) is 0 Å². The van der Waals surface area contributed by atoms with Crippen LogP contribution in [0.25, 0.3) is 0 Å². The Morgan fingerprint density at radius 2 is 0.600 bits per heavy atom. The second-order valence-electron chi connectivity index (χ2n) is 8.88. The fourth-order valence-corrected chi connectivity index (χ4v) is 5.16. The number of rotatable bonds is 0. The van der Waals surface area contributed by atoms with E-state index in [4.69, 9.17) is 0 Å². The van der Waals surface area contributed by atoms with Crippen LogP contribution in [0.3, 0.4) is 0 Å². The van der Waals surface area contributed by atoms with E-state index in [1.807, 2.05) is 0 Å². The molecule has 0 saturated heterocycles. The van der Waals surface area contributed by atoms with Crippen LogP contribution in [0.2, 0.25) is 0 Å². The zero-order valence-corrected chi connectivity index (χ0v) is 25.5. The van der Waals surface area contributed by atoms with Gasteiger partial charge in [-0.3, -0.25) is 0 Å². The van der Waals surface area contributed by atoms with E-state index in [0.717, 1.165) is 8.19 Å². The molecule has 0 N–H and O–H groups in total. The summed E-state index contributed by atoms with van der Waals surface area (Å²) in [6.07, 6.45) is 0. The number of hydrogen-bond acceptors (Lipinski definition) is 0. The molecule has 0 radical (unpaired) electrons. The molecule has 0 nitrogen and oxygen atoms in total. The average Bonchev–Trinajstić information content (AvgIpc) is 3.09. The maximum absolute atomic E-state index is 2.23. The molecule has 0 unspecified atom stereocenters. The third-order valence-corrected chi connectivity index (χ3v) is 9.19. The molecule has 0 atom stereocenters. The molecule has 0 aliphatic rings. The molecule has 2 aromatic carbocycles. The SMILES string of the molecule is Cc1[pH]c(C)c(C)c1C.Cc1c(C)c(C)[c-](C)c1C.Cc1c(C)c(C)[c-](C)c1C.[Sm]. The van der Waals surface area contributed by atoms with Crippen LogP contribution in [0, 0.1) is 137 Å². The van der Waals surface area contributed by atoms with Crippen LogP contribution >= 0.6 is 8.19 Å². The molecule has 1 aromatic heterocycles. The molecule has 1 heterocycles. The van der Waals surface area contributed by atoms with E-state index in [-0.39, 0.29) is 40.4 Å². The van der Waals surface area contributed by atoms with Gasteiger partial charge in [-0.1, -0.05) is 69.2 Å². The Balaban J connectivity index is 0.000000414. The molecule has 0 bridgehead atoms. The van der Waals surface area contributed by atoms with E-state index >= 15 is 0 Å². The van der Waals surface area contributed by atoms with Gasteiger partial charge >= 0.3 is 0 Å². The minimum absolute atomic E-state index is 0. The van der Waals surface area contributed by atoms with Gasteiger partial charge in [0.2, 0.25) is 0 Å². The summed E-state index contributed by atoms with van der Waals surface area (Å²) >= 11 is 0. The van der Waals surface area contributed by atoms with E-state index < -0.39 is 0 Å². The van der Waals surface area contributed by atoms with Crippen molar-refractivity contribution < 1.29 is 40.4 Å². The van der Waals surface area contributed by atoms with E-state index in [1.54, 1.807) is 10.6 Å². The summed E-state index contributed by atoms with van der Waals surface area (Å²) in [5.74, 6) is 0. The zero-order chi connectivity index (χ0) is 22.8. The smallest absolute Gasteiger partial charge is 0 e. The zero-order valence-electron chi connectivity index (χ0n) is 21.9. The fourth-order valence-electron chi connectivity index (χ4n) is 3.84. The van der Waals surface area contributed by atoms with Crippen LogP contribution < -0.4 is 0 Å². The van der Waals surface area contributed by atoms with Crippen LogP contribution in [-0.4, -0.2) is 0 Å². The normalized spacial score (nSPS) is 10.1. The maximum Gasteiger partial charge on any atom is 0 e. The van der Waals surface area contributed by atoms with Crippen molar-refractivity contribution in [2.45, 2.75) is 96.9 Å². The van der Waals surface area contributed by atoms with Gasteiger partial charge in [-0.05, 0) is 49.4 Å². The third kappa shape index (κ3) is 6.42. The third-order valence-electron chi connectivity index (χ3n) is 7.69. The first kappa shape index (κ1) is 29.8. The Kier molecular flexibility index (Phi) is 12.1. The second kappa shape index (κ2) is 12.2. The monoisotopic (exact) mass is 562 g/mol. The van der Waals surface area contributed by atoms with E-state index in [0.29, 0.717) is 0 Å². The summed E-state index contributed by atoms with van der Waals surface area (Å²) in [5, 5.41) is 3.15. The van der Waals surface area contributed by atoms with E-state index in [9.17, 15) is 0 Å². The molecular weight excluding hydrogens is 518 g/mol. The van der Waals surface area contributed by atoms with Gasteiger partial charge in [0.25, 0.3) is 0 Å². The van der Waals surface area contributed by atoms with E-state index in [1.165, 1.54) is 66.8 Å². The van der Waals surface area contributed by atoms with E-state index in [2.05, 4.69) is 96.9 Å². The van der Waals surface area contributed by atoms with Crippen LogP contribution in [-0.2, 0) is 0 Å². The summed E-state index contributed by atoms with van der Waals surface area (Å²) in [5.41, 5.74) is 17.7. The molecule has 0 spiro atoms. The maximum atomic E-state index is 2.23. The molecule has 0 aliphatic heterocycles. The van der Waals surface area contributed by atoms with Gasteiger partial charge in [0.15, 0.2) is 0 Å². The molecule has 0 fully saturated rings. The summed E-state index contributed by atoms with van der Waals surface area (Å²) < 4.78 is 0. The summed E-state index contributed by atoms with van der Waals surface area (Å²) in [6, 6.07) is 0. The van der Waals surface area contributed by atoms with Crippen LogP contribution in [0.5, 0.6) is 0 Å². The first-order chi connectivity index (χ1) is 13.2. The Hall–Kier alpha value is -0.182. The fraction of sp³-hybridized carbons (Fsp3) is 0.500. The van der Waals surface area contributed by atoms with Gasteiger partial charge in [0, 0.05) is 40.4 Å². The van der Waals surface area contributed by atoms with Crippen molar-refractivity contribution in [3.05, 3.63) is 77.4 Å². The average molecular weight is 561 g/mol. The van der Waals surface area contributed by atoms with Gasteiger partial charge in [0.05, 0.1) is 0 Å². The van der Waals surface area contributed by atoms with Crippen molar-refractivity contribution in [2.75, 3.05) is 0 Å². The standard InChI is InChI=1S/2C10H15.C8H13P.Sm/c2*1-6-7(2)9(4)10(5)8(6)3;1-5-6(2)8(4)9-7(5)3;/h2*1-5H3;9H,1-4H3;/q2*-1;;. The first-order valence-corrected chi connectivity index (χ1v) is 11.8. The van der Waals surface area contributed by atoms with Gasteiger partial charge in [0.1, 0.15) is 0 Å². The molecule has 30 heavy (non-hydrogen) atoms. The summed E-state index contributed by atoms with van der Waals surface area (Å²) in [4.78, 5) is 0. The van der Waals surface area contributed by atoms with Crippen LogP contribution in [0.4, 0.5) is 0 Å². The largest absolute Gasteiger partial charge is 0.196 e. The predicted molar refractivity (Wildman–Crippen MR) is 136 cm³/mol. The Morgan fingerprint density at radius 3 is 0.667 bits per heavy atom. The van der Waals surface area contributed by atoms with Gasteiger partial charge in [-0.2, -0.15) is 55.6 Å². The van der Waals surface area contributed by atoms with Crippen molar-refractivity contribution in [1.29, 1.82) is 0 Å². The predicted octanol–water partition coefficient (Wildman–Crippen LogP) is 8.85. The quantitative estimate of drug-likeness (QED) is 0.241. The van der Waals surface area contributed by atoms with Crippen molar-refractivity contribution in [1.82, 2.24) is 0 Å². The number of aryl methyl sites for hydroxylation is 2. The van der Waals surface area contributed by atoms with Gasteiger partial charge in [-0.25, -0.2) is 0 Å². The van der Waals surface area contributed by atoms with Crippen molar-refractivity contribution >= 4 is 8.19 Å². The van der Waals surface area contributed by atoms with Gasteiger partial charge < -0.3 is 0 Å². The Morgan fingerprint density at radius 1 is 0.400 bits per heavy atom. The molecule has 2 heteroatoms. The Labute approximate surface area is 221 Å². The minimum Gasteiger partial charge on any atom is -0.196 e. The molecule has 3 rings (SSSR count). The summed E-state index contributed by atoms with van der Waals surface area (Å²) in [7, 11) is 0.976. The molecule has 0 amide bonds. The Bertz CT molecular complexity index is 750. The molecular formula is C28H43PSm-2. The molecule has 0 aliphatic carbocycles. The number of hydrogen-bond donors (Lipinski definition) is 0. The topological polar surface area (TPSA) is 0 Å². The first-order valence-electron chi connectivity index (χ1n) is 10.8.